The van der Waals surface area contributed by atoms with Gasteiger partial charge >= 0.3 is 0 Å². The van der Waals surface area contributed by atoms with Crippen LogP contribution in [0.1, 0.15) is 0 Å². The van der Waals surface area contributed by atoms with Gasteiger partial charge in [0.15, 0.2) is 11.5 Å². The minimum Gasteiger partial charge on any atom is -0.504 e. The molecule has 2 N–H and O–H groups in total. The molecular weight excluding hydrogens is 285 g/mol. The van der Waals surface area contributed by atoms with Gasteiger partial charge in [0.25, 0.3) is 0 Å². The van der Waals surface area contributed by atoms with Crippen molar-refractivity contribution in [2.45, 2.75) is 0 Å². The summed E-state index contributed by atoms with van der Waals surface area (Å²) in [5.74, 6) is -0.153. The number of aromatic hydroxyl groups is 2. The molecule has 0 bridgehead atoms. The van der Waals surface area contributed by atoms with Crippen molar-refractivity contribution in [3.8, 4) is 11.5 Å². The molecule has 0 aliphatic rings. The van der Waals surface area contributed by atoms with Gasteiger partial charge in [0.2, 0.25) is 0 Å². The summed E-state index contributed by atoms with van der Waals surface area (Å²) in [5.41, 5.74) is 0. The number of phenolic OH excluding ortho intramolecular Hbond substituents is 2. The molecule has 3 heteroatoms. The van der Waals surface area contributed by atoms with Gasteiger partial charge in [-0.3, -0.25) is 0 Å². The van der Waals surface area contributed by atoms with Crippen molar-refractivity contribution in [3.63, 3.8) is 0 Å². The van der Waals surface area contributed by atoms with Crippen LogP contribution in [-0.2, 0) is 22.4 Å². The molecule has 0 aromatic heterocycles. The number of para-hydroxylation sites is 2. The van der Waals surface area contributed by atoms with Crippen LogP contribution in [0.4, 0.5) is 0 Å². The van der Waals surface area contributed by atoms with E-state index >= 15 is 0 Å². The summed E-state index contributed by atoms with van der Waals surface area (Å²) in [6.07, 6.45) is 0. The predicted octanol–water partition coefficient (Wildman–Crippen LogP) is 1.10. The number of benzene rings is 1. The molecule has 0 spiro atoms. The van der Waals surface area contributed by atoms with Crippen LogP contribution in [0.15, 0.2) is 24.3 Å². The van der Waals surface area contributed by atoms with Crippen LogP contribution in [0.25, 0.3) is 0 Å². The number of rotatable bonds is 0. The molecule has 0 atom stereocenters. The zero-order valence-corrected chi connectivity index (χ0v) is 7.86. The van der Waals surface area contributed by atoms with Crippen molar-refractivity contribution in [1.29, 1.82) is 0 Å². The van der Waals surface area contributed by atoms with E-state index in [9.17, 15) is 0 Å². The first kappa shape index (κ1) is 8.56. The van der Waals surface area contributed by atoms with Gasteiger partial charge < -0.3 is 10.2 Å². The summed E-state index contributed by atoms with van der Waals surface area (Å²) < 4.78 is 0. The fourth-order valence-electron chi connectivity index (χ4n) is 0.464. The second-order valence-corrected chi connectivity index (χ2v) is 1.49. The normalized spacial score (nSPS) is 8.00. The largest absolute Gasteiger partial charge is 0.504 e. The van der Waals surface area contributed by atoms with Crippen molar-refractivity contribution in [3.05, 3.63) is 24.3 Å². The van der Waals surface area contributed by atoms with Crippen LogP contribution in [-0.4, -0.2) is 10.2 Å². The summed E-state index contributed by atoms with van der Waals surface area (Å²) in [5, 5.41) is 17.3. The first-order valence-corrected chi connectivity index (χ1v) is 2.27. The Kier molecular flexibility index (Phi) is 3.39. The number of hydrogen-bond donors (Lipinski definition) is 2. The maximum atomic E-state index is 8.67. The SMILES string of the molecule is Oc1ccccc1O.[Ta]. The Hall–Kier alpha value is -0.440. The fraction of sp³-hybridized carbons (Fsp3) is 0. The molecule has 0 aliphatic heterocycles. The maximum absolute atomic E-state index is 8.67. The van der Waals surface area contributed by atoms with E-state index in [0.29, 0.717) is 0 Å². The van der Waals surface area contributed by atoms with Crippen LogP contribution in [0.5, 0.6) is 11.5 Å². The smallest absolute Gasteiger partial charge is 0.157 e. The molecule has 0 amide bonds. The monoisotopic (exact) mass is 291 g/mol. The molecule has 1 aromatic carbocycles. The van der Waals surface area contributed by atoms with Crippen molar-refractivity contribution < 1.29 is 32.6 Å². The van der Waals surface area contributed by atoms with Crippen LogP contribution >= 0.6 is 0 Å². The van der Waals surface area contributed by atoms with Gasteiger partial charge in [-0.25, -0.2) is 0 Å². The third-order valence-electron chi connectivity index (χ3n) is 0.882. The molecule has 0 heterocycles. The van der Waals surface area contributed by atoms with Gasteiger partial charge in [0, 0.05) is 22.4 Å². The van der Waals surface area contributed by atoms with Crippen LogP contribution < -0.4 is 0 Å². The van der Waals surface area contributed by atoms with Gasteiger partial charge in [-0.15, -0.1) is 0 Å². The van der Waals surface area contributed by atoms with E-state index in [1.165, 1.54) is 12.1 Å². The van der Waals surface area contributed by atoms with Crippen LogP contribution in [0, 0.1) is 0 Å². The molecule has 9 heavy (non-hydrogen) atoms. The third-order valence-corrected chi connectivity index (χ3v) is 0.882. The zero-order chi connectivity index (χ0) is 5.98. The molecule has 1 radical (unpaired) electrons. The molecule has 0 fully saturated rings. The minimum atomic E-state index is -0.0764. The average Bonchev–Trinajstić information content (AvgIpc) is 1.77. The average molecular weight is 291 g/mol. The second-order valence-electron chi connectivity index (χ2n) is 1.49. The van der Waals surface area contributed by atoms with Gasteiger partial charge in [0.1, 0.15) is 0 Å². The summed E-state index contributed by atoms with van der Waals surface area (Å²) in [4.78, 5) is 0. The molecule has 1 rings (SSSR count). The molecule has 1 aromatic rings. The molecule has 0 aliphatic carbocycles. The zero-order valence-electron chi connectivity index (χ0n) is 4.65. The van der Waals surface area contributed by atoms with Gasteiger partial charge in [-0.1, -0.05) is 12.1 Å². The Morgan fingerprint density at radius 3 is 1.44 bits per heavy atom. The minimum absolute atomic E-state index is 0. The maximum Gasteiger partial charge on any atom is 0.157 e. The number of hydrogen-bond acceptors (Lipinski definition) is 2. The fourth-order valence-corrected chi connectivity index (χ4v) is 0.464. The van der Waals surface area contributed by atoms with E-state index in [1.54, 1.807) is 12.1 Å². The van der Waals surface area contributed by atoms with Crippen molar-refractivity contribution in [2.24, 2.45) is 0 Å². The van der Waals surface area contributed by atoms with Gasteiger partial charge in [-0.2, -0.15) is 0 Å². The van der Waals surface area contributed by atoms with E-state index in [1.807, 2.05) is 0 Å². The van der Waals surface area contributed by atoms with Crippen molar-refractivity contribution >= 4 is 0 Å². The Morgan fingerprint density at radius 1 is 0.889 bits per heavy atom. The standard InChI is InChI=1S/C6H6O2.Ta/c7-5-3-1-2-4-6(5)8;/h1-4,7-8H;. The molecule has 0 unspecified atom stereocenters. The van der Waals surface area contributed by atoms with E-state index in [-0.39, 0.29) is 33.9 Å². The van der Waals surface area contributed by atoms with E-state index in [4.69, 9.17) is 10.2 Å². The summed E-state index contributed by atoms with van der Waals surface area (Å²) in [7, 11) is 0. The Labute approximate surface area is 68.7 Å². The summed E-state index contributed by atoms with van der Waals surface area (Å²) in [6, 6.07) is 6.15. The van der Waals surface area contributed by atoms with Crippen molar-refractivity contribution in [1.82, 2.24) is 0 Å². The number of phenols is 2. The van der Waals surface area contributed by atoms with Crippen LogP contribution in [0.3, 0.4) is 0 Å². The summed E-state index contributed by atoms with van der Waals surface area (Å²) in [6.45, 7) is 0. The Morgan fingerprint density at radius 2 is 1.22 bits per heavy atom. The summed E-state index contributed by atoms with van der Waals surface area (Å²) >= 11 is 0. The van der Waals surface area contributed by atoms with E-state index in [0.717, 1.165) is 0 Å². The third kappa shape index (κ3) is 2.10. The second kappa shape index (κ2) is 3.56. The first-order chi connectivity index (χ1) is 3.80. The molecular formula is C6H6O2Ta. The molecule has 2 nitrogen and oxygen atoms in total. The van der Waals surface area contributed by atoms with Gasteiger partial charge in [0.05, 0.1) is 0 Å². The Bertz CT molecular complexity index is 167. The van der Waals surface area contributed by atoms with E-state index < -0.39 is 0 Å². The quantitative estimate of drug-likeness (QED) is 0.703. The topological polar surface area (TPSA) is 40.5 Å². The molecule has 47 valence electrons. The predicted molar refractivity (Wildman–Crippen MR) is 29.8 cm³/mol. The Balaban J connectivity index is 0.000000640. The molecule has 0 saturated heterocycles. The van der Waals surface area contributed by atoms with Gasteiger partial charge in [-0.05, 0) is 12.1 Å². The molecule has 0 saturated carbocycles. The van der Waals surface area contributed by atoms with E-state index in [2.05, 4.69) is 0 Å². The first-order valence-electron chi connectivity index (χ1n) is 2.27. The van der Waals surface area contributed by atoms with Crippen molar-refractivity contribution in [2.75, 3.05) is 0 Å². The van der Waals surface area contributed by atoms with Crippen LogP contribution in [0.2, 0.25) is 0 Å².